The molecule has 0 fully saturated rings. The molecule has 118 valence electrons. The predicted molar refractivity (Wildman–Crippen MR) is 85.1 cm³/mol. The maximum atomic E-state index is 12.0. The molecule has 0 saturated carbocycles. The first-order valence-electron chi connectivity index (χ1n) is 7.32. The summed E-state index contributed by atoms with van der Waals surface area (Å²) in [5, 5.41) is 2.90. The third-order valence-corrected chi connectivity index (χ3v) is 3.40. The van der Waals surface area contributed by atoms with Gasteiger partial charge in [0.25, 0.3) is 5.91 Å². The molecule has 0 aliphatic heterocycles. The fraction of sp³-hybridized carbons (Fsp3) is 0.353. The highest BCUT2D eigenvalue weighted by Crippen LogP contribution is 2.21. The molecule has 1 aromatic carbocycles. The van der Waals surface area contributed by atoms with Crippen LogP contribution in [0.15, 0.2) is 47.1 Å². The third-order valence-electron chi connectivity index (χ3n) is 3.40. The monoisotopic (exact) mass is 302 g/mol. The van der Waals surface area contributed by atoms with Gasteiger partial charge in [0.2, 0.25) is 0 Å². The molecule has 0 radical (unpaired) electrons. The summed E-state index contributed by atoms with van der Waals surface area (Å²) >= 11 is 0. The SMILES string of the molecule is CCOc1ccc(C(CNC(=O)c2ccco2)N(C)C)cc1. The average Bonchev–Trinajstić information content (AvgIpc) is 3.03. The summed E-state index contributed by atoms with van der Waals surface area (Å²) in [4.78, 5) is 14.0. The molecule has 1 N–H and O–H groups in total. The van der Waals surface area contributed by atoms with E-state index in [1.54, 1.807) is 12.1 Å². The Hall–Kier alpha value is -2.27. The second kappa shape index (κ2) is 7.66. The van der Waals surface area contributed by atoms with Gasteiger partial charge in [0.15, 0.2) is 5.76 Å². The number of likely N-dealkylation sites (N-methyl/N-ethyl adjacent to an activating group) is 1. The minimum absolute atomic E-state index is 0.0783. The molecule has 0 aliphatic rings. The normalized spacial score (nSPS) is 12.2. The Morgan fingerprint density at radius 3 is 2.55 bits per heavy atom. The topological polar surface area (TPSA) is 54.7 Å². The van der Waals surface area contributed by atoms with Gasteiger partial charge in [-0.05, 0) is 50.8 Å². The van der Waals surface area contributed by atoms with E-state index in [0.717, 1.165) is 11.3 Å². The number of rotatable bonds is 7. The number of amides is 1. The number of ether oxygens (including phenoxy) is 1. The third kappa shape index (κ3) is 4.11. The van der Waals surface area contributed by atoms with Crippen molar-refractivity contribution in [1.29, 1.82) is 0 Å². The summed E-state index contributed by atoms with van der Waals surface area (Å²) in [6.45, 7) is 3.11. The molecule has 1 heterocycles. The van der Waals surface area contributed by atoms with E-state index in [-0.39, 0.29) is 11.9 Å². The smallest absolute Gasteiger partial charge is 0.287 e. The van der Waals surface area contributed by atoms with Gasteiger partial charge in [-0.15, -0.1) is 0 Å². The van der Waals surface area contributed by atoms with E-state index < -0.39 is 0 Å². The molecule has 0 spiro atoms. The second-order valence-electron chi connectivity index (χ2n) is 5.17. The van der Waals surface area contributed by atoms with E-state index >= 15 is 0 Å². The number of nitrogens with one attached hydrogen (secondary N) is 1. The van der Waals surface area contributed by atoms with Crippen molar-refractivity contribution in [2.24, 2.45) is 0 Å². The molecular weight excluding hydrogens is 280 g/mol. The zero-order chi connectivity index (χ0) is 15.9. The fourth-order valence-electron chi connectivity index (χ4n) is 2.24. The number of carbonyl (C=O) groups is 1. The van der Waals surface area contributed by atoms with Crippen molar-refractivity contribution in [1.82, 2.24) is 10.2 Å². The molecule has 1 aromatic heterocycles. The van der Waals surface area contributed by atoms with Gasteiger partial charge < -0.3 is 19.4 Å². The van der Waals surface area contributed by atoms with Crippen LogP contribution in [0.5, 0.6) is 5.75 Å². The van der Waals surface area contributed by atoms with Gasteiger partial charge >= 0.3 is 0 Å². The molecule has 2 rings (SSSR count). The number of furan rings is 1. The first-order valence-corrected chi connectivity index (χ1v) is 7.32. The Bertz CT molecular complexity index is 576. The van der Waals surface area contributed by atoms with Crippen molar-refractivity contribution in [2.45, 2.75) is 13.0 Å². The standard InChI is InChI=1S/C17H22N2O3/c1-4-21-14-9-7-13(8-10-14)15(19(2)3)12-18-17(20)16-6-5-11-22-16/h5-11,15H,4,12H2,1-3H3,(H,18,20). The van der Waals surface area contributed by atoms with E-state index in [0.29, 0.717) is 18.9 Å². The Balaban J connectivity index is 2.01. The minimum atomic E-state index is -0.206. The lowest BCUT2D eigenvalue weighted by molar-refractivity contribution is 0.0914. The van der Waals surface area contributed by atoms with Crippen LogP contribution in [0.3, 0.4) is 0 Å². The Kier molecular flexibility index (Phi) is 5.61. The predicted octanol–water partition coefficient (Wildman–Crippen LogP) is 2.71. The molecule has 0 bridgehead atoms. The summed E-state index contributed by atoms with van der Waals surface area (Å²) in [6.07, 6.45) is 1.49. The van der Waals surface area contributed by atoms with Crippen LogP contribution in [0, 0.1) is 0 Å². The lowest BCUT2D eigenvalue weighted by Gasteiger charge is -2.25. The lowest BCUT2D eigenvalue weighted by atomic mass is 10.1. The summed E-state index contributed by atoms with van der Waals surface area (Å²) in [5.41, 5.74) is 1.12. The zero-order valence-corrected chi connectivity index (χ0v) is 13.2. The Morgan fingerprint density at radius 2 is 2.00 bits per heavy atom. The van der Waals surface area contributed by atoms with E-state index in [4.69, 9.17) is 9.15 Å². The Morgan fingerprint density at radius 1 is 1.27 bits per heavy atom. The van der Waals surface area contributed by atoms with Crippen molar-refractivity contribution >= 4 is 5.91 Å². The highest BCUT2D eigenvalue weighted by atomic mass is 16.5. The largest absolute Gasteiger partial charge is 0.494 e. The van der Waals surface area contributed by atoms with Gasteiger partial charge in [-0.1, -0.05) is 12.1 Å². The Labute approximate surface area is 130 Å². The average molecular weight is 302 g/mol. The van der Waals surface area contributed by atoms with Gasteiger partial charge in [-0.2, -0.15) is 0 Å². The summed E-state index contributed by atoms with van der Waals surface area (Å²) in [6, 6.07) is 11.4. The van der Waals surface area contributed by atoms with E-state index in [1.807, 2.05) is 45.3 Å². The van der Waals surface area contributed by atoms with Gasteiger partial charge in [-0.3, -0.25) is 4.79 Å². The van der Waals surface area contributed by atoms with Crippen LogP contribution in [-0.2, 0) is 0 Å². The number of hydrogen-bond donors (Lipinski definition) is 1. The highest BCUT2D eigenvalue weighted by molar-refractivity contribution is 5.91. The first kappa shape index (κ1) is 16.1. The quantitative estimate of drug-likeness (QED) is 0.854. The molecule has 0 aliphatic carbocycles. The van der Waals surface area contributed by atoms with Gasteiger partial charge in [0.1, 0.15) is 5.75 Å². The molecule has 5 nitrogen and oxygen atoms in total. The molecule has 0 saturated heterocycles. The lowest BCUT2D eigenvalue weighted by Crippen LogP contribution is -2.34. The van der Waals surface area contributed by atoms with E-state index in [1.165, 1.54) is 6.26 Å². The van der Waals surface area contributed by atoms with E-state index in [9.17, 15) is 4.79 Å². The molecule has 2 aromatic rings. The van der Waals surface area contributed by atoms with E-state index in [2.05, 4.69) is 10.2 Å². The summed E-state index contributed by atoms with van der Waals surface area (Å²) in [7, 11) is 3.97. The molecule has 1 unspecified atom stereocenters. The molecule has 22 heavy (non-hydrogen) atoms. The molecule has 1 atom stereocenters. The van der Waals surface area contributed by atoms with Crippen LogP contribution >= 0.6 is 0 Å². The van der Waals surface area contributed by atoms with Gasteiger partial charge in [0.05, 0.1) is 18.9 Å². The maximum Gasteiger partial charge on any atom is 0.287 e. The number of nitrogens with zero attached hydrogens (tertiary/aromatic N) is 1. The fourth-order valence-corrected chi connectivity index (χ4v) is 2.24. The molecule has 5 heteroatoms. The molecular formula is C17H22N2O3. The van der Waals surface area contributed by atoms with Crippen molar-refractivity contribution < 1.29 is 13.9 Å². The summed E-state index contributed by atoms with van der Waals surface area (Å²) < 4.78 is 10.5. The maximum absolute atomic E-state index is 12.0. The van der Waals surface area contributed by atoms with Crippen LogP contribution in [0.25, 0.3) is 0 Å². The minimum Gasteiger partial charge on any atom is -0.494 e. The highest BCUT2D eigenvalue weighted by Gasteiger charge is 2.17. The van der Waals surface area contributed by atoms with Gasteiger partial charge in [-0.25, -0.2) is 0 Å². The van der Waals surface area contributed by atoms with Crippen LogP contribution < -0.4 is 10.1 Å². The van der Waals surface area contributed by atoms with Crippen molar-refractivity contribution in [3.63, 3.8) is 0 Å². The number of hydrogen-bond acceptors (Lipinski definition) is 4. The number of carbonyl (C=O) groups excluding carboxylic acids is 1. The second-order valence-corrected chi connectivity index (χ2v) is 5.17. The van der Waals surface area contributed by atoms with Crippen LogP contribution in [0.1, 0.15) is 29.1 Å². The summed E-state index contributed by atoms with van der Waals surface area (Å²) in [5.74, 6) is 0.968. The van der Waals surface area contributed by atoms with Crippen LogP contribution in [0.2, 0.25) is 0 Å². The zero-order valence-electron chi connectivity index (χ0n) is 13.2. The van der Waals surface area contributed by atoms with Crippen molar-refractivity contribution in [2.75, 3.05) is 27.2 Å². The number of benzene rings is 1. The van der Waals surface area contributed by atoms with Crippen LogP contribution in [-0.4, -0.2) is 38.1 Å². The van der Waals surface area contributed by atoms with Crippen molar-refractivity contribution in [3.05, 3.63) is 54.0 Å². The van der Waals surface area contributed by atoms with Crippen LogP contribution in [0.4, 0.5) is 0 Å². The first-order chi connectivity index (χ1) is 10.6. The van der Waals surface area contributed by atoms with Gasteiger partial charge in [0, 0.05) is 6.54 Å². The van der Waals surface area contributed by atoms with Crippen molar-refractivity contribution in [3.8, 4) is 5.75 Å². The molecule has 1 amide bonds.